The van der Waals surface area contributed by atoms with Crippen molar-refractivity contribution in [3.8, 4) is 0 Å². The molecule has 0 radical (unpaired) electrons. The van der Waals surface area contributed by atoms with Crippen LogP contribution in [-0.4, -0.2) is 27.1 Å². The highest BCUT2D eigenvalue weighted by Gasteiger charge is 2.15. The van der Waals surface area contributed by atoms with Crippen molar-refractivity contribution in [2.24, 2.45) is 0 Å². The molecule has 0 atom stereocenters. The van der Waals surface area contributed by atoms with Gasteiger partial charge in [-0.05, 0) is 31.0 Å². The van der Waals surface area contributed by atoms with Gasteiger partial charge in [0.05, 0.1) is 17.1 Å². The predicted molar refractivity (Wildman–Crippen MR) is 104 cm³/mol. The van der Waals surface area contributed by atoms with Gasteiger partial charge in [-0.15, -0.1) is 21.5 Å². The summed E-state index contributed by atoms with van der Waals surface area (Å²) in [5, 5.41) is 14.0. The van der Waals surface area contributed by atoms with Crippen molar-refractivity contribution < 1.29 is 14.3 Å². The van der Waals surface area contributed by atoms with Gasteiger partial charge in [-0.2, -0.15) is 0 Å². The van der Waals surface area contributed by atoms with E-state index < -0.39 is 5.97 Å². The molecule has 0 saturated heterocycles. The van der Waals surface area contributed by atoms with Crippen molar-refractivity contribution >= 4 is 40.2 Å². The van der Waals surface area contributed by atoms with Crippen molar-refractivity contribution in [1.29, 1.82) is 0 Å². The first-order valence-corrected chi connectivity index (χ1v) is 10.0. The van der Waals surface area contributed by atoms with E-state index in [1.165, 1.54) is 16.9 Å². The topological polar surface area (TPSA) is 94.1 Å². The number of nitrogens with zero attached hydrogens (tertiary/aromatic N) is 3. The van der Waals surface area contributed by atoms with Crippen LogP contribution in [0.4, 0.5) is 5.69 Å². The smallest absolute Gasteiger partial charge is 0.312 e. The molecule has 0 unspecified atom stereocenters. The van der Waals surface area contributed by atoms with E-state index >= 15 is 0 Å². The van der Waals surface area contributed by atoms with Crippen LogP contribution < -0.4 is 5.32 Å². The average molecular weight is 403 g/mol. The Morgan fingerprint density at radius 1 is 1.19 bits per heavy atom. The summed E-state index contributed by atoms with van der Waals surface area (Å²) in [4.78, 5) is 28.3. The molecule has 0 bridgehead atoms. The van der Waals surface area contributed by atoms with Gasteiger partial charge in [0.15, 0.2) is 5.01 Å². The number of amides is 1. The molecule has 1 amide bonds. The lowest BCUT2D eigenvalue weighted by molar-refractivity contribution is -0.144. The van der Waals surface area contributed by atoms with Crippen molar-refractivity contribution in [3.05, 3.63) is 55.9 Å². The predicted octanol–water partition coefficient (Wildman–Crippen LogP) is 3.40. The molecule has 1 aromatic carbocycles. The summed E-state index contributed by atoms with van der Waals surface area (Å²) in [6, 6.07) is 7.62. The van der Waals surface area contributed by atoms with Crippen LogP contribution in [-0.2, 0) is 29.0 Å². The van der Waals surface area contributed by atoms with Crippen LogP contribution in [0.3, 0.4) is 0 Å². The lowest BCUT2D eigenvalue weighted by Gasteiger charge is -2.03. The van der Waals surface area contributed by atoms with E-state index in [0.717, 1.165) is 22.8 Å². The number of aryl methyl sites for hydroxylation is 2. The van der Waals surface area contributed by atoms with E-state index in [0.29, 0.717) is 16.4 Å². The summed E-state index contributed by atoms with van der Waals surface area (Å²) >= 11 is 2.58. The molecule has 140 valence electrons. The monoisotopic (exact) mass is 402 g/mol. The molecular formula is C18H18N4O3S2. The van der Waals surface area contributed by atoms with Crippen molar-refractivity contribution in [2.75, 3.05) is 5.32 Å². The third kappa shape index (κ3) is 5.41. The Bertz CT molecular complexity index is 934. The van der Waals surface area contributed by atoms with E-state index in [9.17, 15) is 9.59 Å². The van der Waals surface area contributed by atoms with Gasteiger partial charge < -0.3 is 10.1 Å². The first-order chi connectivity index (χ1) is 13.0. The SMILES string of the molecule is CCc1ccc(NC(=O)c2nnc(COC(=O)Cc3csc(C)n3)s2)cc1. The Morgan fingerprint density at radius 2 is 1.96 bits per heavy atom. The molecule has 7 nitrogen and oxygen atoms in total. The highest BCUT2D eigenvalue weighted by Crippen LogP contribution is 2.16. The molecule has 2 aromatic heterocycles. The van der Waals surface area contributed by atoms with Gasteiger partial charge in [0.25, 0.3) is 5.91 Å². The second-order valence-corrected chi connectivity index (χ2v) is 7.83. The second-order valence-electron chi connectivity index (χ2n) is 5.70. The first-order valence-electron chi connectivity index (χ1n) is 8.32. The highest BCUT2D eigenvalue weighted by molar-refractivity contribution is 7.13. The van der Waals surface area contributed by atoms with E-state index in [1.807, 2.05) is 36.6 Å². The molecule has 3 rings (SSSR count). The quantitative estimate of drug-likeness (QED) is 0.609. The molecule has 9 heteroatoms. The molecule has 1 N–H and O–H groups in total. The number of nitrogens with one attached hydrogen (secondary N) is 1. The molecule has 0 aliphatic heterocycles. The number of esters is 1. The molecular weight excluding hydrogens is 384 g/mol. The molecule has 0 fully saturated rings. The van der Waals surface area contributed by atoms with Crippen molar-refractivity contribution in [3.63, 3.8) is 0 Å². The number of anilines is 1. The maximum absolute atomic E-state index is 12.2. The zero-order valence-electron chi connectivity index (χ0n) is 14.9. The molecule has 0 aliphatic carbocycles. The lowest BCUT2D eigenvalue weighted by Crippen LogP contribution is -2.11. The second kappa shape index (κ2) is 8.83. The van der Waals surface area contributed by atoms with Crippen LogP contribution in [0.25, 0.3) is 0 Å². The van der Waals surface area contributed by atoms with Crippen LogP contribution in [0.1, 0.15) is 38.0 Å². The number of hydrogen-bond donors (Lipinski definition) is 1. The minimum Gasteiger partial charge on any atom is -0.458 e. The fraction of sp³-hybridized carbons (Fsp3) is 0.278. The standard InChI is InChI=1S/C18H18N4O3S2/c1-3-12-4-6-13(7-5-12)20-17(24)18-22-21-15(27-18)9-25-16(23)8-14-10-26-11(2)19-14/h4-7,10H,3,8-9H2,1-2H3,(H,20,24). The third-order valence-corrected chi connectivity index (χ3v) is 5.35. The van der Waals surface area contributed by atoms with Crippen LogP contribution in [0, 0.1) is 6.92 Å². The van der Waals surface area contributed by atoms with Crippen LogP contribution >= 0.6 is 22.7 Å². The summed E-state index contributed by atoms with van der Waals surface area (Å²) in [7, 11) is 0. The van der Waals surface area contributed by atoms with E-state index in [4.69, 9.17) is 4.74 Å². The number of benzene rings is 1. The van der Waals surface area contributed by atoms with Gasteiger partial charge in [0.2, 0.25) is 5.01 Å². The molecule has 2 heterocycles. The van der Waals surface area contributed by atoms with Gasteiger partial charge >= 0.3 is 5.97 Å². The molecule has 0 saturated carbocycles. The number of rotatable bonds is 7. The molecule has 0 aliphatic rings. The largest absolute Gasteiger partial charge is 0.458 e. The number of aromatic nitrogens is 3. The van der Waals surface area contributed by atoms with Crippen LogP contribution in [0.15, 0.2) is 29.6 Å². The van der Waals surface area contributed by atoms with Gasteiger partial charge in [-0.3, -0.25) is 9.59 Å². The fourth-order valence-corrected chi connectivity index (χ4v) is 3.50. The zero-order chi connectivity index (χ0) is 19.2. The Kier molecular flexibility index (Phi) is 6.25. The maximum atomic E-state index is 12.2. The Hall–Kier alpha value is -2.65. The summed E-state index contributed by atoms with van der Waals surface area (Å²) in [5.41, 5.74) is 2.58. The van der Waals surface area contributed by atoms with E-state index in [2.05, 4.69) is 27.4 Å². The fourth-order valence-electron chi connectivity index (χ4n) is 2.24. The summed E-state index contributed by atoms with van der Waals surface area (Å²) in [5.74, 6) is -0.732. The first kappa shape index (κ1) is 19.1. The highest BCUT2D eigenvalue weighted by atomic mass is 32.1. The van der Waals surface area contributed by atoms with E-state index in [1.54, 1.807) is 0 Å². The van der Waals surface area contributed by atoms with Gasteiger partial charge in [0.1, 0.15) is 6.61 Å². The summed E-state index contributed by atoms with van der Waals surface area (Å²) < 4.78 is 5.18. The molecule has 27 heavy (non-hydrogen) atoms. The third-order valence-electron chi connectivity index (χ3n) is 3.63. The molecule has 0 spiro atoms. The number of ether oxygens (including phenoxy) is 1. The Labute approximate surface area is 164 Å². The summed E-state index contributed by atoms with van der Waals surface area (Å²) in [6.45, 7) is 3.94. The number of hydrogen-bond acceptors (Lipinski definition) is 8. The number of carbonyl (C=O) groups is 2. The van der Waals surface area contributed by atoms with Crippen molar-refractivity contribution in [2.45, 2.75) is 33.3 Å². The van der Waals surface area contributed by atoms with Crippen molar-refractivity contribution in [1.82, 2.24) is 15.2 Å². The normalized spacial score (nSPS) is 10.6. The number of thiazole rings is 1. The van der Waals surface area contributed by atoms with Gasteiger partial charge in [0, 0.05) is 11.1 Å². The molecule has 3 aromatic rings. The Morgan fingerprint density at radius 3 is 2.63 bits per heavy atom. The van der Waals surface area contributed by atoms with Gasteiger partial charge in [-0.1, -0.05) is 30.4 Å². The minimum absolute atomic E-state index is 0.0158. The number of carbonyl (C=O) groups excluding carboxylic acids is 2. The van der Waals surface area contributed by atoms with Crippen LogP contribution in [0.2, 0.25) is 0 Å². The average Bonchev–Trinajstić information content (AvgIpc) is 3.30. The van der Waals surface area contributed by atoms with Crippen LogP contribution in [0.5, 0.6) is 0 Å². The summed E-state index contributed by atoms with van der Waals surface area (Å²) in [6.07, 6.45) is 1.05. The van der Waals surface area contributed by atoms with E-state index in [-0.39, 0.29) is 23.9 Å². The Balaban J connectivity index is 1.51. The minimum atomic E-state index is -0.391. The maximum Gasteiger partial charge on any atom is 0.312 e. The lowest BCUT2D eigenvalue weighted by atomic mass is 10.1. The van der Waals surface area contributed by atoms with Gasteiger partial charge in [-0.25, -0.2) is 4.98 Å². The zero-order valence-corrected chi connectivity index (χ0v) is 16.5.